The quantitative estimate of drug-likeness (QED) is 0.0215. The Kier molecular flexibility index (Phi) is 25.7. The summed E-state index contributed by atoms with van der Waals surface area (Å²) in [6.45, 7) is 37.0. The van der Waals surface area contributed by atoms with Gasteiger partial charge in [0.1, 0.15) is 6.10 Å². The Morgan fingerprint density at radius 2 is 1.70 bits per heavy atom. The summed E-state index contributed by atoms with van der Waals surface area (Å²) in [6, 6.07) is 15.3. The first-order chi connectivity index (χ1) is 29.4. The molecule has 0 amide bonds. The summed E-state index contributed by atoms with van der Waals surface area (Å²) in [5.74, 6) is 7.73. The van der Waals surface area contributed by atoms with E-state index in [4.69, 9.17) is 23.4 Å². The number of benzene rings is 2. The van der Waals surface area contributed by atoms with Crippen LogP contribution >= 0.6 is 34.4 Å². The van der Waals surface area contributed by atoms with Crippen molar-refractivity contribution in [3.05, 3.63) is 76.9 Å². The lowest BCUT2D eigenvalue weighted by Gasteiger charge is -2.40. The van der Waals surface area contributed by atoms with Gasteiger partial charge in [-0.05, 0) is 119 Å². The van der Waals surface area contributed by atoms with E-state index in [2.05, 4.69) is 153 Å². The third-order valence-corrected chi connectivity index (χ3v) is 19.9. The molecule has 0 spiro atoms. The molecule has 2 aliphatic rings. The second kappa shape index (κ2) is 28.0. The Bertz CT molecular complexity index is 1720. The lowest BCUT2D eigenvalue weighted by Crippen LogP contribution is -2.48. The van der Waals surface area contributed by atoms with Crippen molar-refractivity contribution in [2.45, 2.75) is 206 Å². The number of hydrogen-bond donors (Lipinski definition) is 0. The Morgan fingerprint density at radius 1 is 1.02 bits per heavy atom. The summed E-state index contributed by atoms with van der Waals surface area (Å²) in [6.07, 6.45) is 13.0. The van der Waals surface area contributed by atoms with Crippen molar-refractivity contribution in [1.29, 1.82) is 0 Å². The number of unbranched alkanes of at least 4 members (excludes halogenated alkanes) is 3. The fourth-order valence-electron chi connectivity index (χ4n) is 6.58. The minimum absolute atomic E-state index is 0.0514. The molecule has 0 aliphatic carbocycles. The van der Waals surface area contributed by atoms with E-state index in [1.165, 1.54) is 30.6 Å². The zero-order valence-corrected chi connectivity index (χ0v) is 47.4. The van der Waals surface area contributed by atoms with Gasteiger partial charge in [0.05, 0.1) is 30.5 Å². The maximum absolute atomic E-state index is 13.1. The number of ether oxygens (including phenoxy) is 4. The molecular weight excluding hydrogens is 948 g/mol. The third-order valence-electron chi connectivity index (χ3n) is 12.1. The normalized spacial score (nSPS) is 19.7. The number of carbonyl (C=O) groups is 1. The van der Waals surface area contributed by atoms with Gasteiger partial charge in [-0.3, -0.25) is 0 Å². The number of esters is 1. The molecule has 2 fully saturated rings. The zero-order chi connectivity index (χ0) is 47.4. The molecule has 356 valence electrons. The summed E-state index contributed by atoms with van der Waals surface area (Å²) >= 11 is 4.15. The molecule has 4 rings (SSSR count). The zero-order valence-electron chi connectivity index (χ0n) is 42.4. The summed E-state index contributed by atoms with van der Waals surface area (Å²) in [5, 5.41) is 0.163. The van der Waals surface area contributed by atoms with Gasteiger partial charge < -0.3 is 23.4 Å². The first kappa shape index (κ1) is 57.7. The molecule has 6 nitrogen and oxygen atoms in total. The van der Waals surface area contributed by atoms with Crippen LogP contribution in [0.4, 0.5) is 0 Å². The maximum atomic E-state index is 13.1. The van der Waals surface area contributed by atoms with Crippen LogP contribution < -0.4 is 0 Å². The van der Waals surface area contributed by atoms with Gasteiger partial charge in [0.25, 0.3) is 0 Å². The topological polar surface area (TPSA) is 63.2 Å². The van der Waals surface area contributed by atoms with Gasteiger partial charge in [-0.2, -0.15) is 0 Å². The monoisotopic (exact) mass is 1030 g/mol. The smallest absolute Gasteiger partial charge is 0.338 e. The van der Waals surface area contributed by atoms with Crippen molar-refractivity contribution in [2.75, 3.05) is 17.6 Å². The number of aryl methyl sites for hydroxylation is 1. The van der Waals surface area contributed by atoms with Crippen molar-refractivity contribution >= 4 is 56.7 Å². The first-order valence-electron chi connectivity index (χ1n) is 23.8. The predicted octanol–water partition coefficient (Wildman–Crippen LogP) is 15.5. The molecule has 2 aliphatic heterocycles. The van der Waals surface area contributed by atoms with Gasteiger partial charge in [0.15, 0.2) is 14.1 Å². The Balaban J connectivity index is 0.000000386. The van der Waals surface area contributed by atoms with E-state index in [0.29, 0.717) is 35.9 Å². The molecule has 63 heavy (non-hydrogen) atoms. The number of rotatable bonds is 18. The molecule has 5 atom stereocenters. The second-order valence-electron chi connectivity index (χ2n) is 20.9. The number of allylic oxidation sites excluding steroid dienone is 1. The minimum Gasteiger partial charge on any atom is -0.462 e. The van der Waals surface area contributed by atoms with Crippen molar-refractivity contribution in [3.63, 3.8) is 0 Å². The highest BCUT2D eigenvalue weighted by Gasteiger charge is 2.48. The third kappa shape index (κ3) is 21.8. The lowest BCUT2D eigenvalue weighted by molar-refractivity contribution is -0.151. The van der Waals surface area contributed by atoms with Crippen LogP contribution in [0.2, 0.25) is 43.8 Å². The number of carbonyl (C=O) groups excluding carboxylic acids is 1. The summed E-state index contributed by atoms with van der Waals surface area (Å²) in [5.41, 5.74) is 3.59. The Hall–Kier alpha value is -1.44. The average molecular weight is 1040 g/mol. The molecule has 0 bridgehead atoms. The van der Waals surface area contributed by atoms with Crippen molar-refractivity contribution < 1.29 is 28.2 Å². The maximum Gasteiger partial charge on any atom is 0.338 e. The minimum atomic E-state index is -1.92. The molecule has 0 N–H and O–H groups in total. The fourth-order valence-corrected chi connectivity index (χ4v) is 10.1. The highest BCUT2D eigenvalue weighted by molar-refractivity contribution is 14.1. The largest absolute Gasteiger partial charge is 0.462 e. The van der Waals surface area contributed by atoms with Gasteiger partial charge >= 0.3 is 5.97 Å². The SMILES string of the molecule is CC(C)[C@H](C)/C=C\C(O[Si](C)(C)C(C)(C)C)[C@H]1OC(C)(C)O[C@H]1CCI.CC1CCCO1.CCCCCC#Cc1ccc(C)c(C(=O)OCC[Si](C)(C)C)c1CSc1ccccc1. The van der Waals surface area contributed by atoms with E-state index in [1.807, 2.05) is 45.0 Å². The van der Waals surface area contributed by atoms with Crippen LogP contribution in [-0.2, 0) is 29.1 Å². The lowest BCUT2D eigenvalue weighted by atomic mass is 9.96. The fraction of sp³-hybridized carbons (Fsp3) is 0.679. The van der Waals surface area contributed by atoms with E-state index in [1.54, 1.807) is 11.8 Å². The molecule has 2 unspecified atom stereocenters. The molecule has 0 radical (unpaired) electrons. The van der Waals surface area contributed by atoms with E-state index < -0.39 is 22.2 Å². The Morgan fingerprint density at radius 3 is 2.24 bits per heavy atom. The molecule has 2 saturated heterocycles. The molecule has 2 aromatic carbocycles. The standard InChI is InChI=1S/C27H36O2SSi.C21H41IO3Si.C5H10O/c1-6-7-8-9-11-14-23-18-17-22(2)26(27(28)29-19-20-31(3,4)5)25(23)21-30-24-15-12-10-13-16-24;1-15(2)16(3)11-12-18(25-26(9,10)20(4,5)6)19-17(13-14-22)23-21(7,8)24-19;1-5-3-2-4-6-5/h10,12-13,15-18H,6-9,19-21H2,1-5H3;11-12,15-19H,13-14H2,1-10H3;5H,2-4H2,1H3/b;12-11-;/t;16-,17+,18?,19+;/m.1./s1. The van der Waals surface area contributed by atoms with Gasteiger partial charge in [0, 0.05) is 41.7 Å². The van der Waals surface area contributed by atoms with Crippen molar-refractivity contribution in [2.24, 2.45) is 11.8 Å². The van der Waals surface area contributed by atoms with Crippen LogP contribution in [0, 0.1) is 30.6 Å². The number of alkyl halides is 1. The number of halogens is 1. The van der Waals surface area contributed by atoms with Crippen LogP contribution in [0.3, 0.4) is 0 Å². The number of thioether (sulfide) groups is 1. The van der Waals surface area contributed by atoms with Gasteiger partial charge in [-0.25, -0.2) is 4.79 Å². The second-order valence-corrected chi connectivity index (χ2v) is 33.4. The van der Waals surface area contributed by atoms with Crippen LogP contribution in [0.25, 0.3) is 0 Å². The van der Waals surface area contributed by atoms with E-state index in [-0.39, 0.29) is 29.3 Å². The summed E-state index contributed by atoms with van der Waals surface area (Å²) in [4.78, 5) is 14.3. The van der Waals surface area contributed by atoms with E-state index >= 15 is 0 Å². The van der Waals surface area contributed by atoms with Crippen molar-refractivity contribution in [3.8, 4) is 11.8 Å². The molecule has 0 aromatic heterocycles. The van der Waals surface area contributed by atoms with E-state index in [0.717, 1.165) is 53.0 Å². The highest BCUT2D eigenvalue weighted by atomic mass is 127. The van der Waals surface area contributed by atoms with E-state index in [9.17, 15) is 4.79 Å². The molecule has 2 heterocycles. The van der Waals surface area contributed by atoms with Gasteiger partial charge in [-0.15, -0.1) is 11.8 Å². The Labute approximate surface area is 406 Å². The first-order valence-corrected chi connectivity index (χ1v) is 32.9. The number of hydrogen-bond acceptors (Lipinski definition) is 7. The van der Waals surface area contributed by atoms with Gasteiger partial charge in [0.2, 0.25) is 0 Å². The van der Waals surface area contributed by atoms with Crippen LogP contribution in [0.15, 0.2) is 59.5 Å². The average Bonchev–Trinajstić information content (AvgIpc) is 3.80. The van der Waals surface area contributed by atoms with Crippen LogP contribution in [-0.4, -0.2) is 70.2 Å². The molecular formula is C53H87IO6SSi2. The van der Waals surface area contributed by atoms with Crippen LogP contribution in [0.1, 0.15) is 141 Å². The predicted molar refractivity (Wildman–Crippen MR) is 284 cm³/mol. The van der Waals surface area contributed by atoms with Crippen LogP contribution in [0.5, 0.6) is 0 Å². The van der Waals surface area contributed by atoms with Crippen molar-refractivity contribution in [1.82, 2.24) is 0 Å². The molecule has 0 saturated carbocycles. The molecule has 2 aromatic rings. The summed E-state index contributed by atoms with van der Waals surface area (Å²) in [7, 11) is -3.18. The van der Waals surface area contributed by atoms with Gasteiger partial charge in [-0.1, -0.05) is 152 Å². The highest BCUT2D eigenvalue weighted by Crippen LogP contribution is 2.41. The molecule has 10 heteroatoms. The summed E-state index contributed by atoms with van der Waals surface area (Å²) < 4.78 is 31.3.